The van der Waals surface area contributed by atoms with Crippen LogP contribution in [0, 0.1) is 5.41 Å². The zero-order chi connectivity index (χ0) is 14.9. The third-order valence-corrected chi connectivity index (χ3v) is 4.98. The molecule has 1 aromatic carbocycles. The molecule has 2 fully saturated rings. The number of hydrogen-bond donors (Lipinski definition) is 2. The molecular weight excluding hydrogens is 284 g/mol. The van der Waals surface area contributed by atoms with Gasteiger partial charge in [0.15, 0.2) is 0 Å². The number of ether oxygens (including phenoxy) is 1. The number of nitrogens with one attached hydrogen (secondary N) is 1. The summed E-state index contributed by atoms with van der Waals surface area (Å²) in [7, 11) is 0. The molecule has 1 heterocycles. The first kappa shape index (κ1) is 14.5. The number of carbonyl (C=O) groups excluding carboxylic acids is 1. The maximum atomic E-state index is 12.7. The SMILES string of the molecule is NC(=S)C1(C(=O)NC2CC2c2ccccc2)CCOCC1. The molecule has 1 aromatic rings. The summed E-state index contributed by atoms with van der Waals surface area (Å²) in [6, 6.07) is 10.5. The van der Waals surface area contributed by atoms with E-state index in [0.717, 1.165) is 6.42 Å². The molecule has 5 heteroatoms. The molecule has 1 saturated heterocycles. The minimum atomic E-state index is -0.725. The number of thiocarbonyl (C=S) groups is 1. The van der Waals surface area contributed by atoms with Gasteiger partial charge in [-0.1, -0.05) is 42.5 Å². The predicted molar refractivity (Wildman–Crippen MR) is 85.0 cm³/mol. The van der Waals surface area contributed by atoms with Crippen LogP contribution in [0.1, 0.15) is 30.7 Å². The second-order valence-electron chi connectivity index (χ2n) is 5.89. The summed E-state index contributed by atoms with van der Waals surface area (Å²) < 4.78 is 5.34. The first-order chi connectivity index (χ1) is 10.1. The molecule has 3 rings (SSSR count). The highest BCUT2D eigenvalue weighted by molar-refractivity contribution is 7.80. The number of nitrogens with two attached hydrogens (primary N) is 1. The van der Waals surface area contributed by atoms with Gasteiger partial charge in [0.2, 0.25) is 5.91 Å². The van der Waals surface area contributed by atoms with Crippen molar-refractivity contribution in [2.45, 2.75) is 31.2 Å². The van der Waals surface area contributed by atoms with Crippen LogP contribution in [0.5, 0.6) is 0 Å². The molecular formula is C16H20N2O2S. The Hall–Kier alpha value is -1.46. The largest absolute Gasteiger partial charge is 0.392 e. The number of rotatable bonds is 4. The van der Waals surface area contributed by atoms with E-state index in [9.17, 15) is 4.79 Å². The van der Waals surface area contributed by atoms with Crippen LogP contribution in [-0.2, 0) is 9.53 Å². The van der Waals surface area contributed by atoms with Crippen molar-refractivity contribution in [3.63, 3.8) is 0 Å². The Bertz CT molecular complexity index is 540. The standard InChI is InChI=1S/C16H20N2O2S/c17-14(21)16(6-8-20-9-7-16)15(19)18-13-10-12(13)11-4-2-1-3-5-11/h1-5,12-13H,6-10H2,(H2,17,21)(H,18,19). The van der Waals surface area contributed by atoms with Crippen LogP contribution in [0.3, 0.4) is 0 Å². The third kappa shape index (κ3) is 2.80. The van der Waals surface area contributed by atoms with Gasteiger partial charge in [0.25, 0.3) is 0 Å². The second kappa shape index (κ2) is 5.73. The highest BCUT2D eigenvalue weighted by atomic mass is 32.1. The van der Waals surface area contributed by atoms with Crippen LogP contribution in [0.15, 0.2) is 30.3 Å². The normalized spacial score (nSPS) is 26.9. The lowest BCUT2D eigenvalue weighted by Crippen LogP contribution is -2.52. The van der Waals surface area contributed by atoms with Crippen LogP contribution in [-0.4, -0.2) is 30.2 Å². The smallest absolute Gasteiger partial charge is 0.233 e. The van der Waals surface area contributed by atoms with Gasteiger partial charge in [-0.25, -0.2) is 0 Å². The van der Waals surface area contributed by atoms with Gasteiger partial charge in [0, 0.05) is 25.2 Å². The van der Waals surface area contributed by atoms with Crippen LogP contribution < -0.4 is 11.1 Å². The Morgan fingerprint density at radius 3 is 2.57 bits per heavy atom. The highest BCUT2D eigenvalue weighted by Gasteiger charge is 2.47. The molecule has 2 atom stereocenters. The molecule has 0 spiro atoms. The second-order valence-corrected chi connectivity index (χ2v) is 6.33. The number of carbonyl (C=O) groups is 1. The molecule has 1 aliphatic carbocycles. The molecule has 2 aliphatic rings. The lowest BCUT2D eigenvalue weighted by Gasteiger charge is -2.34. The van der Waals surface area contributed by atoms with Crippen LogP contribution in [0.2, 0.25) is 0 Å². The fourth-order valence-electron chi connectivity index (χ4n) is 3.03. The Labute approximate surface area is 130 Å². The summed E-state index contributed by atoms with van der Waals surface area (Å²) in [5.41, 5.74) is 6.41. The van der Waals surface area contributed by atoms with Crippen molar-refractivity contribution in [1.29, 1.82) is 0 Å². The number of benzene rings is 1. The summed E-state index contributed by atoms with van der Waals surface area (Å²) in [6.07, 6.45) is 2.15. The van der Waals surface area contributed by atoms with Gasteiger partial charge in [-0.2, -0.15) is 0 Å². The molecule has 21 heavy (non-hydrogen) atoms. The van der Waals surface area contributed by atoms with E-state index in [-0.39, 0.29) is 11.9 Å². The van der Waals surface area contributed by atoms with Crippen LogP contribution in [0.4, 0.5) is 0 Å². The fraction of sp³-hybridized carbons (Fsp3) is 0.500. The topological polar surface area (TPSA) is 64.4 Å². The molecule has 1 saturated carbocycles. The van der Waals surface area contributed by atoms with Gasteiger partial charge in [-0.15, -0.1) is 0 Å². The van der Waals surface area contributed by atoms with Crippen molar-refractivity contribution in [3.05, 3.63) is 35.9 Å². The van der Waals surface area contributed by atoms with Crippen LogP contribution in [0.25, 0.3) is 0 Å². The van der Waals surface area contributed by atoms with E-state index in [4.69, 9.17) is 22.7 Å². The first-order valence-corrected chi connectivity index (χ1v) is 7.78. The molecule has 112 valence electrons. The molecule has 0 aromatic heterocycles. The zero-order valence-electron chi connectivity index (χ0n) is 11.9. The first-order valence-electron chi connectivity index (χ1n) is 7.37. The van der Waals surface area contributed by atoms with Crippen molar-refractivity contribution in [3.8, 4) is 0 Å². The van der Waals surface area contributed by atoms with E-state index in [2.05, 4.69) is 17.4 Å². The van der Waals surface area contributed by atoms with Crippen molar-refractivity contribution in [2.75, 3.05) is 13.2 Å². The van der Waals surface area contributed by atoms with Gasteiger partial charge >= 0.3 is 0 Å². The van der Waals surface area contributed by atoms with E-state index in [1.807, 2.05) is 18.2 Å². The Kier molecular flexibility index (Phi) is 3.95. The average Bonchev–Trinajstić information content (AvgIpc) is 3.28. The van der Waals surface area contributed by atoms with Crippen LogP contribution >= 0.6 is 12.2 Å². The van der Waals surface area contributed by atoms with Gasteiger partial charge in [-0.3, -0.25) is 4.79 Å². The minimum Gasteiger partial charge on any atom is -0.392 e. The van der Waals surface area contributed by atoms with Gasteiger partial charge in [-0.05, 0) is 24.8 Å². The average molecular weight is 304 g/mol. The van der Waals surface area contributed by atoms with Crippen molar-refractivity contribution >= 4 is 23.1 Å². The highest BCUT2D eigenvalue weighted by Crippen LogP contribution is 2.42. The third-order valence-electron chi connectivity index (χ3n) is 4.59. The van der Waals surface area contributed by atoms with E-state index in [0.29, 0.717) is 37.0 Å². The summed E-state index contributed by atoms with van der Waals surface area (Å²) in [6.45, 7) is 1.08. The quantitative estimate of drug-likeness (QED) is 0.832. The molecule has 0 radical (unpaired) electrons. The summed E-state index contributed by atoms with van der Waals surface area (Å²) in [4.78, 5) is 12.9. The Balaban J connectivity index is 1.65. The summed E-state index contributed by atoms with van der Waals surface area (Å²) >= 11 is 5.16. The predicted octanol–water partition coefficient (Wildman–Crippen LogP) is 1.74. The maximum absolute atomic E-state index is 12.7. The molecule has 3 N–H and O–H groups in total. The van der Waals surface area contributed by atoms with Crippen molar-refractivity contribution in [2.24, 2.45) is 11.1 Å². The van der Waals surface area contributed by atoms with E-state index in [1.165, 1.54) is 5.56 Å². The molecule has 0 bridgehead atoms. The minimum absolute atomic E-state index is 0.0262. The maximum Gasteiger partial charge on any atom is 0.233 e. The Morgan fingerprint density at radius 2 is 1.95 bits per heavy atom. The monoisotopic (exact) mass is 304 g/mol. The molecule has 4 nitrogen and oxygen atoms in total. The molecule has 2 unspecified atom stereocenters. The fourth-order valence-corrected chi connectivity index (χ4v) is 3.33. The number of amides is 1. The Morgan fingerprint density at radius 1 is 1.29 bits per heavy atom. The van der Waals surface area contributed by atoms with E-state index in [1.54, 1.807) is 0 Å². The van der Waals surface area contributed by atoms with E-state index >= 15 is 0 Å². The lowest BCUT2D eigenvalue weighted by atomic mass is 9.79. The van der Waals surface area contributed by atoms with Gasteiger partial charge in [0.05, 0.1) is 4.99 Å². The van der Waals surface area contributed by atoms with Crippen molar-refractivity contribution in [1.82, 2.24) is 5.32 Å². The van der Waals surface area contributed by atoms with E-state index < -0.39 is 5.41 Å². The molecule has 1 aliphatic heterocycles. The van der Waals surface area contributed by atoms with Gasteiger partial charge < -0.3 is 15.8 Å². The summed E-state index contributed by atoms with van der Waals surface area (Å²) in [5.74, 6) is 0.389. The molecule has 1 amide bonds. The zero-order valence-corrected chi connectivity index (χ0v) is 12.7. The lowest BCUT2D eigenvalue weighted by molar-refractivity contribution is -0.131. The summed E-state index contributed by atoms with van der Waals surface area (Å²) in [5, 5.41) is 3.13. The number of hydrogen-bond acceptors (Lipinski definition) is 3. The van der Waals surface area contributed by atoms with Crippen molar-refractivity contribution < 1.29 is 9.53 Å². The van der Waals surface area contributed by atoms with Gasteiger partial charge in [0.1, 0.15) is 5.41 Å².